The van der Waals surface area contributed by atoms with Crippen LogP contribution in [0.15, 0.2) is 12.1 Å². The monoisotopic (exact) mass is 501 g/mol. The lowest BCUT2D eigenvalue weighted by molar-refractivity contribution is -0.141. The molecule has 2 atom stereocenters. The lowest BCUT2D eigenvalue weighted by Crippen LogP contribution is -2.62. The van der Waals surface area contributed by atoms with Crippen LogP contribution in [0.4, 0.5) is 9.59 Å². The molecule has 1 aromatic carbocycles. The van der Waals surface area contributed by atoms with E-state index in [0.717, 1.165) is 56.8 Å². The van der Waals surface area contributed by atoms with Gasteiger partial charge in [-0.1, -0.05) is 6.07 Å². The van der Waals surface area contributed by atoms with E-state index < -0.39 is 18.2 Å². The van der Waals surface area contributed by atoms with Crippen LogP contribution in [0.5, 0.6) is 0 Å². The van der Waals surface area contributed by atoms with Gasteiger partial charge in [0.25, 0.3) is 0 Å². The van der Waals surface area contributed by atoms with E-state index in [1.54, 1.807) is 12.0 Å². The van der Waals surface area contributed by atoms with Crippen LogP contribution in [0.3, 0.4) is 0 Å². The van der Waals surface area contributed by atoms with Gasteiger partial charge in [0, 0.05) is 44.8 Å². The number of rotatable bonds is 8. The summed E-state index contributed by atoms with van der Waals surface area (Å²) in [4.78, 5) is 41.3. The number of carbonyl (C=O) groups excluding carboxylic acids is 1. The molecule has 3 amide bonds. The van der Waals surface area contributed by atoms with E-state index in [4.69, 9.17) is 9.84 Å². The standard InChI is InChI=1S/C25H35N5O6/c1-15-12-18(13-20-22(15)16(2)26-29(20)8-5-11-36-4)17(3)30(19-6-7-19)23(31)21-14-27(24(32)33)9-10-28(21)25(34)35/h12-13,17,19,21H,5-11,14H2,1-4H3,(H,32,33)(H,34,35)/t17-,21+/m0/s1. The normalized spacial score (nSPS) is 18.9. The summed E-state index contributed by atoms with van der Waals surface area (Å²) in [6.07, 6.45) is 0.142. The Morgan fingerprint density at radius 1 is 1.17 bits per heavy atom. The SMILES string of the molecule is COCCCn1nc(C)c2c(C)cc([C@H](C)N(C(=O)[C@H]3CN(C(=O)O)CCN3C(=O)O)C3CC3)cc21. The van der Waals surface area contributed by atoms with E-state index in [2.05, 4.69) is 12.1 Å². The van der Waals surface area contributed by atoms with Gasteiger partial charge in [-0.2, -0.15) is 5.10 Å². The predicted molar refractivity (Wildman–Crippen MR) is 132 cm³/mol. The van der Waals surface area contributed by atoms with E-state index in [1.807, 2.05) is 25.5 Å². The van der Waals surface area contributed by atoms with Crippen LogP contribution < -0.4 is 0 Å². The molecule has 1 aliphatic heterocycles. The molecule has 2 heterocycles. The Hall–Kier alpha value is -3.34. The fraction of sp³-hybridized carbons (Fsp3) is 0.600. The summed E-state index contributed by atoms with van der Waals surface area (Å²) >= 11 is 0. The predicted octanol–water partition coefficient (Wildman–Crippen LogP) is 3.08. The number of aryl methyl sites for hydroxylation is 3. The first-order chi connectivity index (χ1) is 17.1. The molecule has 196 valence electrons. The summed E-state index contributed by atoms with van der Waals surface area (Å²) in [5.74, 6) is -0.346. The number of hydrogen-bond acceptors (Lipinski definition) is 5. The molecule has 0 unspecified atom stereocenters. The molecule has 1 aromatic heterocycles. The van der Waals surface area contributed by atoms with Gasteiger partial charge in [-0.15, -0.1) is 0 Å². The van der Waals surface area contributed by atoms with E-state index in [-0.39, 0.29) is 37.6 Å². The van der Waals surface area contributed by atoms with E-state index >= 15 is 0 Å². The Morgan fingerprint density at radius 3 is 2.50 bits per heavy atom. The van der Waals surface area contributed by atoms with E-state index in [9.17, 15) is 24.6 Å². The third-order valence-corrected chi connectivity index (χ3v) is 7.24. The molecule has 4 rings (SSSR count). The van der Waals surface area contributed by atoms with Gasteiger partial charge in [-0.3, -0.25) is 14.4 Å². The molecule has 2 N–H and O–H groups in total. The van der Waals surface area contributed by atoms with Crippen molar-refractivity contribution in [2.75, 3.05) is 33.4 Å². The molecule has 2 aromatic rings. The number of hydrogen-bond donors (Lipinski definition) is 2. The molecule has 11 nitrogen and oxygen atoms in total. The second-order valence-electron chi connectivity index (χ2n) is 9.76. The minimum Gasteiger partial charge on any atom is -0.465 e. The van der Waals surface area contributed by atoms with Gasteiger partial charge in [0.05, 0.1) is 23.8 Å². The average molecular weight is 502 g/mol. The van der Waals surface area contributed by atoms with Crippen LogP contribution in [-0.2, 0) is 16.1 Å². The van der Waals surface area contributed by atoms with Crippen LogP contribution in [0.2, 0.25) is 0 Å². The summed E-state index contributed by atoms with van der Waals surface area (Å²) < 4.78 is 7.17. The van der Waals surface area contributed by atoms with Crippen molar-refractivity contribution in [3.05, 3.63) is 29.0 Å². The maximum atomic E-state index is 13.8. The van der Waals surface area contributed by atoms with Gasteiger partial charge in [-0.25, -0.2) is 9.59 Å². The average Bonchev–Trinajstić information content (AvgIpc) is 3.61. The first kappa shape index (κ1) is 25.7. The van der Waals surface area contributed by atoms with E-state index in [0.29, 0.717) is 13.2 Å². The van der Waals surface area contributed by atoms with Gasteiger partial charge in [-0.05, 0) is 57.2 Å². The number of piperazine rings is 1. The maximum Gasteiger partial charge on any atom is 0.408 e. The van der Waals surface area contributed by atoms with Crippen molar-refractivity contribution in [3.8, 4) is 0 Å². The smallest absolute Gasteiger partial charge is 0.408 e. The molecule has 1 saturated heterocycles. The number of benzene rings is 1. The molecule has 36 heavy (non-hydrogen) atoms. The minimum atomic E-state index is -1.21. The Bertz CT molecular complexity index is 1160. The molecular weight excluding hydrogens is 466 g/mol. The second kappa shape index (κ2) is 10.3. The molecule has 0 spiro atoms. The van der Waals surface area contributed by atoms with Gasteiger partial charge in [0.1, 0.15) is 6.04 Å². The van der Waals surface area contributed by atoms with Crippen LogP contribution >= 0.6 is 0 Å². The summed E-state index contributed by atoms with van der Waals surface area (Å²) in [5.41, 5.74) is 3.95. The van der Waals surface area contributed by atoms with Gasteiger partial charge < -0.3 is 24.7 Å². The molecule has 1 aliphatic carbocycles. The fourth-order valence-corrected chi connectivity index (χ4v) is 5.29. The first-order valence-electron chi connectivity index (χ1n) is 12.4. The number of carboxylic acid groups (broad SMARTS) is 2. The first-order valence-corrected chi connectivity index (χ1v) is 12.4. The number of carbonyl (C=O) groups is 3. The Kier molecular flexibility index (Phi) is 7.39. The lowest BCUT2D eigenvalue weighted by atomic mass is 9.99. The second-order valence-corrected chi connectivity index (χ2v) is 9.76. The van der Waals surface area contributed by atoms with Gasteiger partial charge >= 0.3 is 12.2 Å². The maximum absolute atomic E-state index is 13.8. The minimum absolute atomic E-state index is 0.00713. The third-order valence-electron chi connectivity index (χ3n) is 7.24. The zero-order valence-electron chi connectivity index (χ0n) is 21.3. The number of amides is 3. The van der Waals surface area contributed by atoms with Gasteiger partial charge in [0.2, 0.25) is 5.91 Å². The molecule has 11 heteroatoms. The summed E-state index contributed by atoms with van der Waals surface area (Å²) in [5, 5.41) is 25.0. The zero-order valence-corrected chi connectivity index (χ0v) is 21.3. The molecule has 1 saturated carbocycles. The highest BCUT2D eigenvalue weighted by Crippen LogP contribution is 2.37. The van der Waals surface area contributed by atoms with E-state index in [1.165, 1.54) is 0 Å². The van der Waals surface area contributed by atoms with Crippen LogP contribution in [0, 0.1) is 13.8 Å². The van der Waals surface area contributed by atoms with Crippen molar-refractivity contribution >= 4 is 29.0 Å². The highest BCUT2D eigenvalue weighted by molar-refractivity contribution is 5.88. The molecule has 2 fully saturated rings. The third kappa shape index (κ3) is 4.97. The van der Waals surface area contributed by atoms with Crippen molar-refractivity contribution in [2.24, 2.45) is 0 Å². The Balaban J connectivity index is 1.67. The number of aromatic nitrogens is 2. The van der Waals surface area contributed by atoms with Crippen molar-refractivity contribution in [1.82, 2.24) is 24.5 Å². The zero-order chi connectivity index (χ0) is 26.1. The highest BCUT2D eigenvalue weighted by Gasteiger charge is 2.44. The van der Waals surface area contributed by atoms with Gasteiger partial charge in [0.15, 0.2) is 0 Å². The highest BCUT2D eigenvalue weighted by atomic mass is 16.5. The molecule has 0 bridgehead atoms. The van der Waals surface area contributed by atoms with Crippen molar-refractivity contribution in [1.29, 1.82) is 0 Å². The lowest BCUT2D eigenvalue weighted by Gasteiger charge is -2.41. The Labute approximate surface area is 210 Å². The fourth-order valence-electron chi connectivity index (χ4n) is 5.29. The molecular formula is C25H35N5O6. The van der Waals surface area contributed by atoms with Crippen molar-refractivity contribution < 1.29 is 29.3 Å². The summed E-state index contributed by atoms with van der Waals surface area (Å²) in [6.45, 7) is 7.17. The molecule has 2 aliphatic rings. The van der Waals surface area contributed by atoms with Crippen LogP contribution in [-0.4, -0.2) is 98.2 Å². The quantitative estimate of drug-likeness (QED) is 0.532. The van der Waals surface area contributed by atoms with Crippen molar-refractivity contribution in [3.63, 3.8) is 0 Å². The summed E-state index contributed by atoms with van der Waals surface area (Å²) in [7, 11) is 1.67. The number of methoxy groups -OCH3 is 1. The van der Waals surface area contributed by atoms with Crippen LogP contribution in [0.1, 0.15) is 49.0 Å². The topological polar surface area (TPSA) is 128 Å². The number of nitrogens with zero attached hydrogens (tertiary/aromatic N) is 5. The number of fused-ring (bicyclic) bond motifs is 1. The Morgan fingerprint density at radius 2 is 1.89 bits per heavy atom. The largest absolute Gasteiger partial charge is 0.465 e. The number of ether oxygens (including phenoxy) is 1. The summed E-state index contributed by atoms with van der Waals surface area (Å²) in [6, 6.07) is 2.77. The van der Waals surface area contributed by atoms with Crippen LogP contribution in [0.25, 0.3) is 10.9 Å². The van der Waals surface area contributed by atoms with Crippen molar-refractivity contribution in [2.45, 2.75) is 64.7 Å². The molecule has 0 radical (unpaired) electrons.